The van der Waals surface area contributed by atoms with Gasteiger partial charge in [-0.1, -0.05) is 6.07 Å². The summed E-state index contributed by atoms with van der Waals surface area (Å²) in [6, 6.07) is 13.5. The molecule has 2 rings (SSSR count). The number of hydrogen-bond donors (Lipinski definition) is 1. The molecular weight excluding hydrogens is 377 g/mol. The Morgan fingerprint density at radius 3 is 2.38 bits per heavy atom. The maximum Gasteiger partial charge on any atom is 0.265 e. The molecular formula is C17H18INO2. The first kappa shape index (κ1) is 15.8. The lowest BCUT2D eigenvalue weighted by Crippen LogP contribution is -2.30. The van der Waals surface area contributed by atoms with Crippen molar-refractivity contribution in [1.82, 2.24) is 0 Å². The first-order valence-electron chi connectivity index (χ1n) is 6.76. The van der Waals surface area contributed by atoms with Crippen LogP contribution < -0.4 is 10.1 Å². The highest BCUT2D eigenvalue weighted by molar-refractivity contribution is 14.1. The smallest absolute Gasteiger partial charge is 0.265 e. The minimum Gasteiger partial charge on any atom is -0.481 e. The summed E-state index contributed by atoms with van der Waals surface area (Å²) < 4.78 is 6.82. The Labute approximate surface area is 138 Å². The van der Waals surface area contributed by atoms with Gasteiger partial charge in [0.2, 0.25) is 0 Å². The van der Waals surface area contributed by atoms with Crippen LogP contribution in [0.1, 0.15) is 18.1 Å². The van der Waals surface area contributed by atoms with E-state index in [1.54, 1.807) is 6.92 Å². The first-order valence-corrected chi connectivity index (χ1v) is 7.84. The summed E-state index contributed by atoms with van der Waals surface area (Å²) in [7, 11) is 0. The van der Waals surface area contributed by atoms with Crippen molar-refractivity contribution in [2.24, 2.45) is 0 Å². The number of carbonyl (C=O) groups is 1. The van der Waals surface area contributed by atoms with Gasteiger partial charge >= 0.3 is 0 Å². The molecule has 0 unspecified atom stereocenters. The van der Waals surface area contributed by atoms with E-state index in [1.807, 2.05) is 56.3 Å². The van der Waals surface area contributed by atoms with Crippen LogP contribution in [-0.4, -0.2) is 12.0 Å². The highest BCUT2D eigenvalue weighted by Crippen LogP contribution is 2.18. The van der Waals surface area contributed by atoms with Gasteiger partial charge in [0, 0.05) is 9.26 Å². The molecule has 0 aliphatic rings. The number of amides is 1. The molecule has 0 bridgehead atoms. The maximum absolute atomic E-state index is 12.1. The molecule has 1 amide bonds. The van der Waals surface area contributed by atoms with Gasteiger partial charge in [0.25, 0.3) is 5.91 Å². The van der Waals surface area contributed by atoms with Crippen molar-refractivity contribution in [2.75, 3.05) is 5.32 Å². The van der Waals surface area contributed by atoms with Crippen LogP contribution >= 0.6 is 22.6 Å². The summed E-state index contributed by atoms with van der Waals surface area (Å²) >= 11 is 2.23. The molecule has 0 heterocycles. The number of halogens is 1. The Kier molecular flexibility index (Phi) is 5.22. The molecule has 1 atom stereocenters. The van der Waals surface area contributed by atoms with E-state index >= 15 is 0 Å². The monoisotopic (exact) mass is 395 g/mol. The molecule has 0 saturated heterocycles. The Hall–Kier alpha value is -1.56. The summed E-state index contributed by atoms with van der Waals surface area (Å²) in [4.78, 5) is 12.1. The number of ether oxygens (including phenoxy) is 1. The van der Waals surface area contributed by atoms with Crippen LogP contribution in [0.3, 0.4) is 0 Å². The molecule has 21 heavy (non-hydrogen) atoms. The molecule has 4 heteroatoms. The zero-order chi connectivity index (χ0) is 15.4. The Morgan fingerprint density at radius 1 is 1.10 bits per heavy atom. The molecule has 110 valence electrons. The molecule has 0 radical (unpaired) electrons. The van der Waals surface area contributed by atoms with Gasteiger partial charge in [-0.15, -0.1) is 0 Å². The summed E-state index contributed by atoms with van der Waals surface area (Å²) in [6.07, 6.45) is -0.550. The fourth-order valence-electron chi connectivity index (χ4n) is 1.82. The second-order valence-electron chi connectivity index (χ2n) is 5.00. The molecule has 3 nitrogen and oxygen atoms in total. The zero-order valence-corrected chi connectivity index (χ0v) is 14.5. The third-order valence-electron chi connectivity index (χ3n) is 3.27. The summed E-state index contributed by atoms with van der Waals surface area (Å²) in [5.41, 5.74) is 3.13. The number of nitrogens with one attached hydrogen (secondary N) is 1. The van der Waals surface area contributed by atoms with Gasteiger partial charge < -0.3 is 10.1 Å². The van der Waals surface area contributed by atoms with Crippen LogP contribution in [0.5, 0.6) is 5.75 Å². The minimum atomic E-state index is -0.550. The van der Waals surface area contributed by atoms with Gasteiger partial charge in [0.15, 0.2) is 6.10 Å². The van der Waals surface area contributed by atoms with Gasteiger partial charge in [-0.2, -0.15) is 0 Å². The predicted octanol–water partition coefficient (Wildman–Crippen LogP) is 4.31. The van der Waals surface area contributed by atoms with Crippen molar-refractivity contribution in [2.45, 2.75) is 26.9 Å². The van der Waals surface area contributed by atoms with E-state index in [2.05, 4.69) is 27.9 Å². The minimum absolute atomic E-state index is 0.158. The highest BCUT2D eigenvalue weighted by Gasteiger charge is 2.15. The molecule has 0 aromatic heterocycles. The largest absolute Gasteiger partial charge is 0.481 e. The van der Waals surface area contributed by atoms with Gasteiger partial charge in [-0.3, -0.25) is 4.79 Å². The third kappa shape index (κ3) is 4.46. The van der Waals surface area contributed by atoms with Gasteiger partial charge in [-0.25, -0.2) is 0 Å². The highest BCUT2D eigenvalue weighted by atomic mass is 127. The second-order valence-corrected chi connectivity index (χ2v) is 6.25. The molecule has 0 fully saturated rings. The van der Waals surface area contributed by atoms with E-state index in [-0.39, 0.29) is 5.91 Å². The number of carbonyl (C=O) groups excluding carboxylic acids is 1. The summed E-state index contributed by atoms with van der Waals surface area (Å²) in [5, 5.41) is 2.85. The standard InChI is InChI=1S/C17H18INO2/c1-11-4-9-16(10-12(11)2)21-13(3)17(20)19-15-7-5-14(18)6-8-15/h4-10,13H,1-3H3,(H,19,20)/t13-/m0/s1. The lowest BCUT2D eigenvalue weighted by molar-refractivity contribution is -0.122. The Balaban J connectivity index is 1.98. The van der Waals surface area contributed by atoms with E-state index in [4.69, 9.17) is 4.74 Å². The normalized spacial score (nSPS) is 11.8. The van der Waals surface area contributed by atoms with Gasteiger partial charge in [0.05, 0.1) is 0 Å². The Bertz CT molecular complexity index is 638. The number of hydrogen-bond acceptors (Lipinski definition) is 2. The van der Waals surface area contributed by atoms with Crippen molar-refractivity contribution in [3.8, 4) is 5.75 Å². The SMILES string of the molecule is Cc1ccc(O[C@@H](C)C(=O)Nc2ccc(I)cc2)cc1C. The van der Waals surface area contributed by atoms with Crippen LogP contribution in [0.2, 0.25) is 0 Å². The number of rotatable bonds is 4. The average molecular weight is 395 g/mol. The number of aryl methyl sites for hydroxylation is 2. The molecule has 2 aromatic carbocycles. The van der Waals surface area contributed by atoms with E-state index in [1.165, 1.54) is 5.56 Å². The van der Waals surface area contributed by atoms with Crippen LogP contribution in [0, 0.1) is 17.4 Å². The maximum atomic E-state index is 12.1. The van der Waals surface area contributed by atoms with E-state index in [9.17, 15) is 4.79 Å². The second kappa shape index (κ2) is 6.93. The first-order chi connectivity index (χ1) is 9.95. The fraction of sp³-hybridized carbons (Fsp3) is 0.235. The zero-order valence-electron chi connectivity index (χ0n) is 12.3. The van der Waals surface area contributed by atoms with E-state index in [0.29, 0.717) is 5.75 Å². The van der Waals surface area contributed by atoms with Crippen molar-refractivity contribution in [3.63, 3.8) is 0 Å². The molecule has 2 aromatic rings. The van der Waals surface area contributed by atoms with Crippen LogP contribution in [-0.2, 0) is 4.79 Å². The van der Waals surface area contributed by atoms with Crippen molar-refractivity contribution in [1.29, 1.82) is 0 Å². The number of benzene rings is 2. The van der Waals surface area contributed by atoms with Gasteiger partial charge in [-0.05, 0) is 90.9 Å². The lowest BCUT2D eigenvalue weighted by Gasteiger charge is -2.15. The number of anilines is 1. The van der Waals surface area contributed by atoms with Crippen molar-refractivity contribution in [3.05, 3.63) is 57.2 Å². The van der Waals surface area contributed by atoms with Gasteiger partial charge in [0.1, 0.15) is 5.75 Å². The molecule has 0 aliphatic carbocycles. The van der Waals surface area contributed by atoms with Crippen LogP contribution in [0.4, 0.5) is 5.69 Å². The quantitative estimate of drug-likeness (QED) is 0.784. The van der Waals surface area contributed by atoms with E-state index in [0.717, 1.165) is 14.8 Å². The summed E-state index contributed by atoms with van der Waals surface area (Å²) in [6.45, 7) is 5.82. The predicted molar refractivity (Wildman–Crippen MR) is 93.8 cm³/mol. The van der Waals surface area contributed by atoms with Crippen molar-refractivity contribution >= 4 is 34.2 Å². The van der Waals surface area contributed by atoms with E-state index < -0.39 is 6.10 Å². The lowest BCUT2D eigenvalue weighted by atomic mass is 10.1. The molecule has 1 N–H and O–H groups in total. The Morgan fingerprint density at radius 2 is 1.76 bits per heavy atom. The van der Waals surface area contributed by atoms with Crippen LogP contribution in [0.15, 0.2) is 42.5 Å². The summed E-state index contributed by atoms with van der Waals surface area (Å²) in [5.74, 6) is 0.554. The molecule has 0 saturated carbocycles. The third-order valence-corrected chi connectivity index (χ3v) is 3.99. The molecule has 0 spiro atoms. The topological polar surface area (TPSA) is 38.3 Å². The average Bonchev–Trinajstić information content (AvgIpc) is 2.45. The van der Waals surface area contributed by atoms with Crippen molar-refractivity contribution < 1.29 is 9.53 Å². The van der Waals surface area contributed by atoms with Crippen LogP contribution in [0.25, 0.3) is 0 Å². The molecule has 0 aliphatic heterocycles. The fourth-order valence-corrected chi connectivity index (χ4v) is 2.18.